The van der Waals surface area contributed by atoms with Crippen molar-refractivity contribution in [2.24, 2.45) is 11.5 Å². The third-order valence-electron chi connectivity index (χ3n) is 1.34. The van der Waals surface area contributed by atoms with Gasteiger partial charge in [0.2, 0.25) is 11.6 Å². The number of Topliss-reactive ketones (excluding diaryl/α,β-unsaturated/α-hetero) is 2. The molecule has 0 aliphatic heterocycles. The van der Waals surface area contributed by atoms with E-state index >= 15 is 0 Å². The summed E-state index contributed by atoms with van der Waals surface area (Å²) in [6, 6.07) is -4.15. The Hall–Kier alpha value is -1.80. The van der Waals surface area contributed by atoms with Crippen LogP contribution < -0.4 is 11.5 Å². The maximum Gasteiger partial charge on any atom is 0.328 e. The summed E-state index contributed by atoms with van der Waals surface area (Å²) in [6.07, 6.45) is 0. The van der Waals surface area contributed by atoms with Crippen LogP contribution in [0.3, 0.4) is 0 Å². The molecule has 0 bridgehead atoms. The van der Waals surface area contributed by atoms with Crippen molar-refractivity contribution < 1.29 is 29.4 Å². The van der Waals surface area contributed by atoms with E-state index in [4.69, 9.17) is 21.7 Å². The summed E-state index contributed by atoms with van der Waals surface area (Å²) in [5, 5.41) is 16.5. The van der Waals surface area contributed by atoms with Gasteiger partial charge < -0.3 is 21.7 Å². The average Bonchev–Trinajstić information content (AvgIpc) is 2.12. The first-order chi connectivity index (χ1) is 6.29. The second-order valence-electron chi connectivity index (χ2n) is 2.36. The fourth-order valence-electron chi connectivity index (χ4n) is 0.531. The third kappa shape index (κ3) is 2.61. The highest BCUT2D eigenvalue weighted by Crippen LogP contribution is 1.90. The summed E-state index contributed by atoms with van der Waals surface area (Å²) in [4.78, 5) is 42.0. The van der Waals surface area contributed by atoms with Crippen LogP contribution in [0.5, 0.6) is 0 Å². The SMILES string of the molecule is NC(C(=O)O)C(=O)C(=O)C(N)C(=O)O. The van der Waals surface area contributed by atoms with Crippen LogP contribution in [-0.4, -0.2) is 45.8 Å². The van der Waals surface area contributed by atoms with E-state index in [-0.39, 0.29) is 0 Å². The van der Waals surface area contributed by atoms with Gasteiger partial charge in [-0.05, 0) is 0 Å². The number of nitrogens with two attached hydrogens (primary N) is 2. The molecule has 8 nitrogen and oxygen atoms in total. The Balaban J connectivity index is 4.64. The van der Waals surface area contributed by atoms with Gasteiger partial charge in [-0.3, -0.25) is 19.2 Å². The molecule has 0 heterocycles. The molecule has 0 saturated carbocycles. The van der Waals surface area contributed by atoms with Crippen LogP contribution in [0.1, 0.15) is 0 Å². The molecule has 14 heavy (non-hydrogen) atoms. The predicted molar refractivity (Wildman–Crippen MR) is 41.2 cm³/mol. The van der Waals surface area contributed by atoms with E-state index in [0.29, 0.717) is 0 Å². The van der Waals surface area contributed by atoms with Crippen molar-refractivity contribution in [3.05, 3.63) is 0 Å². The summed E-state index contributed by atoms with van der Waals surface area (Å²) in [5.41, 5.74) is 9.56. The maximum absolute atomic E-state index is 10.8. The fraction of sp³-hybridized carbons (Fsp3) is 0.333. The molecule has 0 radical (unpaired) electrons. The monoisotopic (exact) mass is 204 g/mol. The zero-order valence-electron chi connectivity index (χ0n) is 6.84. The topological polar surface area (TPSA) is 161 Å². The molecule has 0 saturated heterocycles. The van der Waals surface area contributed by atoms with Gasteiger partial charge >= 0.3 is 11.9 Å². The van der Waals surface area contributed by atoms with Crippen LogP contribution in [-0.2, 0) is 19.2 Å². The highest BCUT2D eigenvalue weighted by Gasteiger charge is 2.34. The van der Waals surface area contributed by atoms with Gasteiger partial charge in [0.05, 0.1) is 0 Å². The summed E-state index contributed by atoms with van der Waals surface area (Å²) >= 11 is 0. The van der Waals surface area contributed by atoms with E-state index < -0.39 is 35.6 Å². The van der Waals surface area contributed by atoms with Crippen molar-refractivity contribution in [2.45, 2.75) is 12.1 Å². The number of aliphatic carboxylic acids is 2. The molecule has 0 aliphatic rings. The van der Waals surface area contributed by atoms with Crippen LogP contribution >= 0.6 is 0 Å². The van der Waals surface area contributed by atoms with Crippen molar-refractivity contribution >= 4 is 23.5 Å². The zero-order chi connectivity index (χ0) is 11.5. The van der Waals surface area contributed by atoms with Crippen LogP contribution in [0.2, 0.25) is 0 Å². The van der Waals surface area contributed by atoms with Gasteiger partial charge in [0.1, 0.15) is 0 Å². The summed E-state index contributed by atoms with van der Waals surface area (Å²) in [5.74, 6) is -6.51. The lowest BCUT2D eigenvalue weighted by molar-refractivity contribution is -0.151. The molecule has 78 valence electrons. The normalized spacial score (nSPS) is 14.1. The Morgan fingerprint density at radius 3 is 1.14 bits per heavy atom. The van der Waals surface area contributed by atoms with E-state index in [1.807, 2.05) is 0 Å². The summed E-state index contributed by atoms with van der Waals surface area (Å²) < 4.78 is 0. The number of carboxylic acids is 2. The first kappa shape index (κ1) is 12.2. The molecule has 0 aliphatic carbocycles. The lowest BCUT2D eigenvalue weighted by Crippen LogP contribution is -2.50. The number of carboxylic acid groups (broad SMARTS) is 2. The standard InChI is InChI=1S/C6H8N2O6/c7-1(5(11)12)3(9)4(10)2(8)6(13)14/h1-2H,7-8H2,(H,11,12)(H,13,14). The van der Waals surface area contributed by atoms with E-state index in [1.165, 1.54) is 0 Å². The van der Waals surface area contributed by atoms with Crippen LogP contribution in [0, 0.1) is 0 Å². The predicted octanol–water partition coefficient (Wildman–Crippen LogP) is -3.05. The number of carbonyl (C=O) groups is 4. The second kappa shape index (κ2) is 4.44. The molecule has 0 aromatic heterocycles. The first-order valence-electron chi connectivity index (χ1n) is 3.34. The minimum Gasteiger partial charge on any atom is -0.480 e. The molecular formula is C6H8N2O6. The lowest BCUT2D eigenvalue weighted by Gasteiger charge is -2.06. The minimum absolute atomic E-state index is 1.53. The molecule has 0 spiro atoms. The highest BCUT2D eigenvalue weighted by atomic mass is 16.4. The molecule has 0 fully saturated rings. The van der Waals surface area contributed by atoms with Gasteiger partial charge in [-0.15, -0.1) is 0 Å². The molecule has 0 amide bonds. The van der Waals surface area contributed by atoms with Gasteiger partial charge in [0.15, 0.2) is 12.1 Å². The Morgan fingerprint density at radius 2 is 1.00 bits per heavy atom. The summed E-state index contributed by atoms with van der Waals surface area (Å²) in [6.45, 7) is 0. The Kier molecular flexibility index (Phi) is 3.87. The van der Waals surface area contributed by atoms with Crippen molar-refractivity contribution in [3.63, 3.8) is 0 Å². The van der Waals surface area contributed by atoms with Crippen molar-refractivity contribution in [1.29, 1.82) is 0 Å². The lowest BCUT2D eigenvalue weighted by atomic mass is 10.0. The van der Waals surface area contributed by atoms with Crippen molar-refractivity contribution in [3.8, 4) is 0 Å². The smallest absolute Gasteiger partial charge is 0.328 e. The highest BCUT2D eigenvalue weighted by molar-refractivity contribution is 6.46. The van der Waals surface area contributed by atoms with Crippen LogP contribution in [0.25, 0.3) is 0 Å². The number of ketones is 2. The van der Waals surface area contributed by atoms with Gasteiger partial charge in [-0.25, -0.2) is 0 Å². The minimum atomic E-state index is -2.08. The Bertz CT molecular complexity index is 269. The molecule has 0 rings (SSSR count). The van der Waals surface area contributed by atoms with E-state index in [1.54, 1.807) is 0 Å². The number of hydrogen-bond donors (Lipinski definition) is 4. The van der Waals surface area contributed by atoms with E-state index in [0.717, 1.165) is 0 Å². The fourth-order valence-corrected chi connectivity index (χ4v) is 0.531. The Morgan fingerprint density at radius 1 is 0.786 bits per heavy atom. The molecule has 6 N–H and O–H groups in total. The van der Waals surface area contributed by atoms with Crippen LogP contribution in [0.4, 0.5) is 0 Å². The molecule has 0 aromatic rings. The van der Waals surface area contributed by atoms with Gasteiger partial charge in [-0.1, -0.05) is 0 Å². The van der Waals surface area contributed by atoms with Crippen molar-refractivity contribution in [1.82, 2.24) is 0 Å². The summed E-state index contributed by atoms with van der Waals surface area (Å²) in [7, 11) is 0. The zero-order valence-corrected chi connectivity index (χ0v) is 6.84. The van der Waals surface area contributed by atoms with Gasteiger partial charge in [0, 0.05) is 0 Å². The third-order valence-corrected chi connectivity index (χ3v) is 1.34. The number of rotatable bonds is 5. The average molecular weight is 204 g/mol. The van der Waals surface area contributed by atoms with E-state index in [9.17, 15) is 19.2 Å². The quantitative estimate of drug-likeness (QED) is 0.271. The molecule has 2 unspecified atom stereocenters. The molecule has 0 aromatic carbocycles. The van der Waals surface area contributed by atoms with Crippen LogP contribution in [0.15, 0.2) is 0 Å². The number of carbonyl (C=O) groups excluding carboxylic acids is 2. The largest absolute Gasteiger partial charge is 0.480 e. The first-order valence-corrected chi connectivity index (χ1v) is 3.34. The molecule has 2 atom stereocenters. The van der Waals surface area contributed by atoms with Crippen molar-refractivity contribution in [2.75, 3.05) is 0 Å². The molecule has 8 heteroatoms. The second-order valence-corrected chi connectivity index (χ2v) is 2.36. The van der Waals surface area contributed by atoms with Gasteiger partial charge in [0.25, 0.3) is 0 Å². The maximum atomic E-state index is 10.8. The molecular weight excluding hydrogens is 196 g/mol. The van der Waals surface area contributed by atoms with E-state index in [2.05, 4.69) is 0 Å². The Labute approximate surface area is 77.5 Å². The van der Waals surface area contributed by atoms with Gasteiger partial charge in [-0.2, -0.15) is 0 Å². The number of hydrogen-bond acceptors (Lipinski definition) is 6.